The fourth-order valence-corrected chi connectivity index (χ4v) is 2.76. The number of rotatable bonds is 0. The van der Waals surface area contributed by atoms with E-state index in [1.807, 2.05) is 0 Å². The van der Waals surface area contributed by atoms with Crippen LogP contribution in [0.2, 0.25) is 0 Å². The van der Waals surface area contributed by atoms with Gasteiger partial charge in [-0.05, 0) is 49.4 Å². The predicted octanol–water partition coefficient (Wildman–Crippen LogP) is 6.12. The average Bonchev–Trinajstić information content (AvgIpc) is 2.25. The summed E-state index contributed by atoms with van der Waals surface area (Å²) in [5.74, 6) is 0. The number of hydrogen-bond donors (Lipinski definition) is 0. The highest BCUT2D eigenvalue weighted by Gasteiger charge is 2.35. The molecule has 0 aromatic rings. The second-order valence-electron chi connectivity index (χ2n) is 7.08. The maximum Gasteiger partial charge on any atom is -0.0303 e. The van der Waals surface area contributed by atoms with Gasteiger partial charge in [0, 0.05) is 0 Å². The molecular weight excluding hydrogens is 204 g/mol. The van der Waals surface area contributed by atoms with Crippen molar-refractivity contribution in [1.82, 2.24) is 0 Å². The normalized spacial score (nSPS) is 28.5. The highest BCUT2D eigenvalue weighted by atomic mass is 14.4. The van der Waals surface area contributed by atoms with E-state index in [1.54, 1.807) is 0 Å². The lowest BCUT2D eigenvalue weighted by Crippen LogP contribution is -2.32. The summed E-state index contributed by atoms with van der Waals surface area (Å²) in [6.07, 6.45) is 17.1. The number of allylic oxidation sites excluding steroid dienone is 2. The molecule has 0 bridgehead atoms. The van der Waals surface area contributed by atoms with Gasteiger partial charge < -0.3 is 0 Å². The molecule has 17 heavy (non-hydrogen) atoms. The molecule has 0 heteroatoms. The lowest BCUT2D eigenvalue weighted by molar-refractivity contribution is 0.0827. The molecule has 0 aromatic heterocycles. The Kier molecular flexibility index (Phi) is 5.76. The first kappa shape index (κ1) is 14.8. The molecule has 1 rings (SSSR count). The molecule has 0 amide bonds. The molecule has 0 aromatic carbocycles. The van der Waals surface area contributed by atoms with Crippen LogP contribution >= 0.6 is 0 Å². The Labute approximate surface area is 109 Å². The lowest BCUT2D eigenvalue weighted by Gasteiger charge is -2.42. The molecule has 0 heterocycles. The largest absolute Gasteiger partial charge is 0.0885 e. The van der Waals surface area contributed by atoms with E-state index in [2.05, 4.69) is 39.8 Å². The van der Waals surface area contributed by atoms with E-state index in [0.717, 1.165) is 0 Å². The average molecular weight is 236 g/mol. The summed E-state index contributed by atoms with van der Waals surface area (Å²) >= 11 is 0. The molecule has 0 nitrogen and oxygen atoms in total. The quantitative estimate of drug-likeness (QED) is 0.444. The second kappa shape index (κ2) is 6.61. The molecule has 1 aliphatic rings. The van der Waals surface area contributed by atoms with Crippen molar-refractivity contribution in [3.8, 4) is 0 Å². The predicted molar refractivity (Wildman–Crippen MR) is 78.3 cm³/mol. The second-order valence-corrected chi connectivity index (χ2v) is 7.08. The van der Waals surface area contributed by atoms with Crippen LogP contribution in [0.4, 0.5) is 0 Å². The van der Waals surface area contributed by atoms with Crippen LogP contribution in [0, 0.1) is 10.8 Å². The van der Waals surface area contributed by atoms with Crippen molar-refractivity contribution in [2.24, 2.45) is 10.8 Å². The Morgan fingerprint density at radius 3 is 1.71 bits per heavy atom. The minimum absolute atomic E-state index is 0.481. The smallest absolute Gasteiger partial charge is 0.0303 e. The molecule has 0 fully saturated rings. The fourth-order valence-electron chi connectivity index (χ4n) is 2.76. The Morgan fingerprint density at radius 2 is 1.06 bits per heavy atom. The highest BCUT2D eigenvalue weighted by Crippen LogP contribution is 2.46. The monoisotopic (exact) mass is 236 g/mol. The zero-order valence-corrected chi connectivity index (χ0v) is 12.5. The van der Waals surface area contributed by atoms with Crippen LogP contribution in [0.5, 0.6) is 0 Å². The molecule has 0 saturated heterocycles. The maximum atomic E-state index is 2.47. The van der Waals surface area contributed by atoms with Crippen molar-refractivity contribution < 1.29 is 0 Å². The van der Waals surface area contributed by atoms with Crippen LogP contribution in [0.25, 0.3) is 0 Å². The Hall–Kier alpha value is -0.260. The SMILES string of the molecule is CC1(C)CCC/C=C/CCCCCCC1(C)C. The summed E-state index contributed by atoms with van der Waals surface area (Å²) in [6.45, 7) is 9.89. The van der Waals surface area contributed by atoms with Gasteiger partial charge in [-0.25, -0.2) is 0 Å². The topological polar surface area (TPSA) is 0 Å². The molecule has 0 atom stereocenters. The van der Waals surface area contributed by atoms with Crippen molar-refractivity contribution in [2.75, 3.05) is 0 Å². The van der Waals surface area contributed by atoms with Crippen molar-refractivity contribution in [3.05, 3.63) is 12.2 Å². The van der Waals surface area contributed by atoms with E-state index in [-0.39, 0.29) is 0 Å². The molecule has 0 saturated carbocycles. The minimum atomic E-state index is 0.481. The molecule has 0 unspecified atom stereocenters. The summed E-state index contributed by atoms with van der Waals surface area (Å²) in [5.41, 5.74) is 0.972. The third-order valence-electron chi connectivity index (χ3n) is 5.09. The first-order valence-corrected chi connectivity index (χ1v) is 7.61. The van der Waals surface area contributed by atoms with Crippen molar-refractivity contribution >= 4 is 0 Å². The first-order valence-electron chi connectivity index (χ1n) is 7.61. The van der Waals surface area contributed by atoms with Gasteiger partial charge in [-0.1, -0.05) is 59.1 Å². The van der Waals surface area contributed by atoms with Crippen LogP contribution in [-0.2, 0) is 0 Å². The van der Waals surface area contributed by atoms with Gasteiger partial charge in [0.2, 0.25) is 0 Å². The Bertz CT molecular complexity index is 232. The first-order chi connectivity index (χ1) is 7.96. The summed E-state index contributed by atoms with van der Waals surface area (Å²) in [7, 11) is 0. The third-order valence-corrected chi connectivity index (χ3v) is 5.09. The number of hydrogen-bond acceptors (Lipinski definition) is 0. The minimum Gasteiger partial charge on any atom is -0.0885 e. The lowest BCUT2D eigenvalue weighted by atomic mass is 9.63. The Balaban J connectivity index is 2.59. The molecule has 0 radical (unpaired) electrons. The summed E-state index contributed by atoms with van der Waals surface area (Å²) in [5, 5.41) is 0. The van der Waals surface area contributed by atoms with E-state index >= 15 is 0 Å². The molecule has 1 aliphatic carbocycles. The molecular formula is C17H32. The van der Waals surface area contributed by atoms with Gasteiger partial charge in [0.15, 0.2) is 0 Å². The van der Waals surface area contributed by atoms with Gasteiger partial charge in [0.05, 0.1) is 0 Å². The maximum absolute atomic E-state index is 2.47. The zero-order valence-electron chi connectivity index (χ0n) is 12.5. The van der Waals surface area contributed by atoms with E-state index in [0.29, 0.717) is 10.8 Å². The Morgan fingerprint density at radius 1 is 0.588 bits per heavy atom. The van der Waals surface area contributed by atoms with Gasteiger partial charge in [0.25, 0.3) is 0 Å². The molecule has 0 N–H and O–H groups in total. The van der Waals surface area contributed by atoms with Gasteiger partial charge in [-0.15, -0.1) is 0 Å². The molecule has 0 spiro atoms. The van der Waals surface area contributed by atoms with Gasteiger partial charge >= 0.3 is 0 Å². The summed E-state index contributed by atoms with van der Waals surface area (Å²) in [6, 6.07) is 0. The van der Waals surface area contributed by atoms with Gasteiger partial charge in [-0.3, -0.25) is 0 Å². The van der Waals surface area contributed by atoms with Crippen LogP contribution in [-0.4, -0.2) is 0 Å². The van der Waals surface area contributed by atoms with Crippen LogP contribution in [0.1, 0.15) is 85.5 Å². The standard InChI is InChI=1S/C17H32/c1-16(2)14-12-10-8-6-5-7-9-11-13-15-17(16,3)4/h6,8H,5,7,9-15H2,1-4H3/b8-6+. The summed E-state index contributed by atoms with van der Waals surface area (Å²) in [4.78, 5) is 0. The van der Waals surface area contributed by atoms with Gasteiger partial charge in [-0.2, -0.15) is 0 Å². The van der Waals surface area contributed by atoms with Crippen molar-refractivity contribution in [3.63, 3.8) is 0 Å². The van der Waals surface area contributed by atoms with E-state index in [1.165, 1.54) is 57.8 Å². The van der Waals surface area contributed by atoms with Crippen LogP contribution in [0.3, 0.4) is 0 Å². The van der Waals surface area contributed by atoms with Crippen LogP contribution in [0.15, 0.2) is 12.2 Å². The molecule has 100 valence electrons. The third kappa shape index (κ3) is 4.85. The van der Waals surface area contributed by atoms with E-state index < -0.39 is 0 Å². The van der Waals surface area contributed by atoms with E-state index in [4.69, 9.17) is 0 Å². The fraction of sp³-hybridized carbons (Fsp3) is 0.882. The highest BCUT2D eigenvalue weighted by molar-refractivity contribution is 4.88. The van der Waals surface area contributed by atoms with Crippen LogP contribution < -0.4 is 0 Å². The van der Waals surface area contributed by atoms with Crippen molar-refractivity contribution in [1.29, 1.82) is 0 Å². The molecule has 0 aliphatic heterocycles. The van der Waals surface area contributed by atoms with Crippen molar-refractivity contribution in [2.45, 2.75) is 85.5 Å². The zero-order chi connectivity index (χ0) is 12.8. The summed E-state index contributed by atoms with van der Waals surface area (Å²) < 4.78 is 0. The van der Waals surface area contributed by atoms with Gasteiger partial charge in [0.1, 0.15) is 0 Å². The van der Waals surface area contributed by atoms with E-state index in [9.17, 15) is 0 Å².